The second-order valence-corrected chi connectivity index (χ2v) is 9.61. The Bertz CT molecular complexity index is 809. The first-order chi connectivity index (χ1) is 10.7. The highest BCUT2D eigenvalue weighted by Gasteiger charge is 2.34. The fraction of sp³-hybridized carbons (Fsp3) is 0.385. The fourth-order valence-corrected chi connectivity index (χ4v) is 5.14. The van der Waals surface area contributed by atoms with Crippen molar-refractivity contribution in [3.63, 3.8) is 0 Å². The second-order valence-electron chi connectivity index (χ2n) is 5.15. The first kappa shape index (κ1) is 18.7. The molecule has 0 radical (unpaired) electrons. The highest BCUT2D eigenvalue weighted by Crippen LogP contribution is 2.30. The summed E-state index contributed by atoms with van der Waals surface area (Å²) in [6.45, 7) is 3.87. The maximum atomic E-state index is 12.6. The van der Waals surface area contributed by atoms with E-state index in [1.165, 1.54) is 22.5 Å². The molecule has 0 amide bonds. The quantitative estimate of drug-likeness (QED) is 0.794. The Morgan fingerprint density at radius 1 is 1.30 bits per heavy atom. The molecule has 0 unspecified atom stereocenters. The molecular weight excluding hydrogens is 383 g/mol. The molecule has 1 aromatic rings. The Kier molecular flexibility index (Phi) is 5.76. The van der Waals surface area contributed by atoms with Crippen molar-refractivity contribution in [3.05, 3.63) is 40.2 Å². The molecule has 0 saturated carbocycles. The summed E-state index contributed by atoms with van der Waals surface area (Å²) in [4.78, 5) is -0.0426. The zero-order valence-electron chi connectivity index (χ0n) is 12.1. The van der Waals surface area contributed by atoms with E-state index in [2.05, 4.69) is 11.3 Å². The van der Waals surface area contributed by atoms with Crippen LogP contribution in [0.4, 0.5) is 0 Å². The molecule has 1 fully saturated rings. The van der Waals surface area contributed by atoms with Crippen LogP contribution in [-0.2, 0) is 20.0 Å². The summed E-state index contributed by atoms with van der Waals surface area (Å²) in [5, 5.41) is 1.20. The largest absolute Gasteiger partial charge is 0.244 e. The van der Waals surface area contributed by atoms with Gasteiger partial charge in [-0.25, -0.2) is 21.6 Å². The van der Waals surface area contributed by atoms with Gasteiger partial charge in [0, 0.05) is 30.1 Å². The molecule has 1 aliphatic rings. The Hall–Kier alpha value is -0.640. The molecule has 0 aromatic heterocycles. The standard InChI is InChI=1S/C13H16Cl2N2O4S2/c1-2-22(18,19)16-8-10-5-6-17(9-10)23(20,21)13-7-11(14)3-4-12(13)15/h2-4,7,10,16H,1,5-6,8-9H2/t10-/m1/s1. The van der Waals surface area contributed by atoms with E-state index in [9.17, 15) is 16.8 Å². The molecule has 10 heteroatoms. The number of halogens is 2. The van der Waals surface area contributed by atoms with Gasteiger partial charge in [0.25, 0.3) is 0 Å². The van der Waals surface area contributed by atoms with Gasteiger partial charge in [0.2, 0.25) is 20.0 Å². The van der Waals surface area contributed by atoms with Crippen LogP contribution >= 0.6 is 23.2 Å². The smallest absolute Gasteiger partial charge is 0.211 e. The summed E-state index contributed by atoms with van der Waals surface area (Å²) in [6, 6.07) is 4.26. The summed E-state index contributed by atoms with van der Waals surface area (Å²) < 4.78 is 51.6. The minimum Gasteiger partial charge on any atom is -0.211 e. The predicted octanol–water partition coefficient (Wildman–Crippen LogP) is 2.07. The predicted molar refractivity (Wildman–Crippen MR) is 90.4 cm³/mol. The highest BCUT2D eigenvalue weighted by atomic mass is 35.5. The number of benzene rings is 1. The molecular formula is C13H16Cl2N2O4S2. The topological polar surface area (TPSA) is 83.6 Å². The lowest BCUT2D eigenvalue weighted by Crippen LogP contribution is -2.32. The monoisotopic (exact) mass is 398 g/mol. The van der Waals surface area contributed by atoms with E-state index in [1.807, 2.05) is 0 Å². The van der Waals surface area contributed by atoms with Crippen molar-refractivity contribution < 1.29 is 16.8 Å². The van der Waals surface area contributed by atoms with Gasteiger partial charge in [0.1, 0.15) is 4.90 Å². The van der Waals surface area contributed by atoms with Gasteiger partial charge in [0.05, 0.1) is 5.02 Å². The normalized spacial score (nSPS) is 19.8. The lowest BCUT2D eigenvalue weighted by Gasteiger charge is -2.17. The van der Waals surface area contributed by atoms with Crippen molar-refractivity contribution in [1.29, 1.82) is 0 Å². The van der Waals surface area contributed by atoms with Crippen molar-refractivity contribution >= 4 is 43.2 Å². The second kappa shape index (κ2) is 7.08. The molecule has 0 aliphatic carbocycles. The number of rotatable bonds is 6. The summed E-state index contributed by atoms with van der Waals surface area (Å²) in [5.74, 6) is -0.113. The van der Waals surface area contributed by atoms with E-state index in [0.29, 0.717) is 13.0 Å². The van der Waals surface area contributed by atoms with Gasteiger partial charge < -0.3 is 0 Å². The molecule has 1 aromatic carbocycles. The third-order valence-corrected chi connectivity index (χ3v) is 7.14. The van der Waals surface area contributed by atoms with Crippen LogP contribution in [0.1, 0.15) is 6.42 Å². The molecule has 23 heavy (non-hydrogen) atoms. The minimum absolute atomic E-state index is 0.0426. The summed E-state index contributed by atoms with van der Waals surface area (Å²) in [5.41, 5.74) is 0. The van der Waals surface area contributed by atoms with Crippen LogP contribution < -0.4 is 4.72 Å². The van der Waals surface area contributed by atoms with Gasteiger partial charge in [-0.05, 0) is 30.5 Å². The van der Waals surface area contributed by atoms with Crippen LogP contribution in [0.3, 0.4) is 0 Å². The SMILES string of the molecule is C=CS(=O)(=O)NC[C@H]1CCN(S(=O)(=O)c2cc(Cl)ccc2Cl)C1. The number of sulfonamides is 2. The molecule has 0 spiro atoms. The molecule has 1 atom stereocenters. The van der Waals surface area contributed by atoms with Crippen LogP contribution in [0.2, 0.25) is 10.0 Å². The van der Waals surface area contributed by atoms with E-state index in [-0.39, 0.29) is 33.9 Å². The van der Waals surface area contributed by atoms with Gasteiger partial charge in [-0.3, -0.25) is 0 Å². The zero-order chi connectivity index (χ0) is 17.3. The van der Waals surface area contributed by atoms with Gasteiger partial charge >= 0.3 is 0 Å². The van der Waals surface area contributed by atoms with Gasteiger partial charge in [0.15, 0.2) is 0 Å². The van der Waals surface area contributed by atoms with Gasteiger partial charge in [-0.15, -0.1) is 0 Å². The molecule has 1 N–H and O–H groups in total. The Labute approximate surface area is 146 Å². The molecule has 1 heterocycles. The van der Waals surface area contributed by atoms with Crippen molar-refractivity contribution in [3.8, 4) is 0 Å². The number of nitrogens with one attached hydrogen (secondary N) is 1. The highest BCUT2D eigenvalue weighted by molar-refractivity contribution is 7.92. The van der Waals surface area contributed by atoms with Crippen LogP contribution in [0, 0.1) is 5.92 Å². The Morgan fingerprint density at radius 3 is 2.65 bits per heavy atom. The fourth-order valence-electron chi connectivity index (χ4n) is 2.29. The first-order valence-electron chi connectivity index (χ1n) is 6.73. The molecule has 1 saturated heterocycles. The Morgan fingerprint density at radius 2 is 2.00 bits per heavy atom. The minimum atomic E-state index is -3.76. The van der Waals surface area contributed by atoms with E-state index in [1.54, 1.807) is 0 Å². The lowest BCUT2D eigenvalue weighted by atomic mass is 10.1. The average Bonchev–Trinajstić information content (AvgIpc) is 2.97. The van der Waals surface area contributed by atoms with E-state index >= 15 is 0 Å². The van der Waals surface area contributed by atoms with Crippen molar-refractivity contribution in [2.45, 2.75) is 11.3 Å². The first-order valence-corrected chi connectivity index (χ1v) is 10.5. The van der Waals surface area contributed by atoms with Crippen molar-refractivity contribution in [1.82, 2.24) is 9.03 Å². The van der Waals surface area contributed by atoms with E-state index in [0.717, 1.165) is 5.41 Å². The van der Waals surface area contributed by atoms with Crippen molar-refractivity contribution in [2.24, 2.45) is 5.92 Å². The third-order valence-electron chi connectivity index (χ3n) is 3.55. The number of hydrogen-bond donors (Lipinski definition) is 1. The maximum Gasteiger partial charge on any atom is 0.244 e. The summed E-state index contributed by atoms with van der Waals surface area (Å²) >= 11 is 11.8. The third kappa shape index (κ3) is 4.46. The molecule has 0 bridgehead atoms. The number of hydrogen-bond acceptors (Lipinski definition) is 4. The Balaban J connectivity index is 2.11. The summed E-state index contributed by atoms with van der Waals surface area (Å²) in [6.07, 6.45) is 0.553. The molecule has 1 aliphatic heterocycles. The van der Waals surface area contributed by atoms with Crippen LogP contribution in [0.25, 0.3) is 0 Å². The van der Waals surface area contributed by atoms with Crippen LogP contribution in [0.15, 0.2) is 35.1 Å². The van der Waals surface area contributed by atoms with Gasteiger partial charge in [-0.2, -0.15) is 4.31 Å². The number of nitrogens with zero attached hydrogens (tertiary/aromatic N) is 1. The lowest BCUT2D eigenvalue weighted by molar-refractivity contribution is 0.455. The molecule has 128 valence electrons. The van der Waals surface area contributed by atoms with Gasteiger partial charge in [-0.1, -0.05) is 29.8 Å². The van der Waals surface area contributed by atoms with E-state index in [4.69, 9.17) is 23.2 Å². The van der Waals surface area contributed by atoms with Crippen molar-refractivity contribution in [2.75, 3.05) is 19.6 Å². The zero-order valence-corrected chi connectivity index (χ0v) is 15.2. The maximum absolute atomic E-state index is 12.6. The molecule has 2 rings (SSSR count). The summed E-state index contributed by atoms with van der Waals surface area (Å²) in [7, 11) is -7.28. The van der Waals surface area contributed by atoms with Crippen LogP contribution in [-0.4, -0.2) is 40.8 Å². The molecule has 6 nitrogen and oxygen atoms in total. The van der Waals surface area contributed by atoms with E-state index < -0.39 is 20.0 Å². The van der Waals surface area contributed by atoms with Crippen LogP contribution in [0.5, 0.6) is 0 Å². The average molecular weight is 399 g/mol.